The highest BCUT2D eigenvalue weighted by atomic mass is 31.2. The number of ether oxygens (including phenoxy) is 1. The first-order chi connectivity index (χ1) is 16.2. The molecule has 0 spiro atoms. The molecule has 0 saturated heterocycles. The zero-order chi connectivity index (χ0) is 24.3. The lowest BCUT2D eigenvalue weighted by atomic mass is 9.85. The maximum atomic E-state index is 13.2. The number of hydrogen-bond donors (Lipinski definition) is 3. The van der Waals surface area contributed by atoms with Crippen molar-refractivity contribution in [3.63, 3.8) is 0 Å². The molecule has 1 aliphatic rings. The van der Waals surface area contributed by atoms with Crippen LogP contribution in [0.1, 0.15) is 43.5 Å². The largest absolute Gasteiger partial charge is 0.497 e. The van der Waals surface area contributed by atoms with Gasteiger partial charge in [-0.1, -0.05) is 18.6 Å². The van der Waals surface area contributed by atoms with Gasteiger partial charge in [-0.15, -0.1) is 0 Å². The van der Waals surface area contributed by atoms with Gasteiger partial charge in [0.2, 0.25) is 0 Å². The first-order valence-corrected chi connectivity index (χ1v) is 13.4. The van der Waals surface area contributed by atoms with Crippen LogP contribution in [0.5, 0.6) is 5.75 Å². The van der Waals surface area contributed by atoms with Crippen molar-refractivity contribution in [1.82, 2.24) is 19.1 Å². The van der Waals surface area contributed by atoms with Crippen LogP contribution in [0.4, 0.5) is 0 Å². The van der Waals surface area contributed by atoms with Crippen LogP contribution in [-0.4, -0.2) is 42.2 Å². The van der Waals surface area contributed by atoms with Gasteiger partial charge in [0.1, 0.15) is 17.1 Å². The minimum absolute atomic E-state index is 0.237. The number of aromatic nitrogens is 4. The monoisotopic (exact) mass is 490 g/mol. The van der Waals surface area contributed by atoms with E-state index < -0.39 is 13.3 Å². The number of aryl methyl sites for hydroxylation is 3. The molecule has 0 unspecified atom stereocenters. The second-order valence-electron chi connectivity index (χ2n) is 8.98. The van der Waals surface area contributed by atoms with Crippen molar-refractivity contribution in [3.8, 4) is 5.75 Å². The van der Waals surface area contributed by atoms with Gasteiger partial charge in [0.15, 0.2) is 5.65 Å². The number of benzene rings is 1. The summed E-state index contributed by atoms with van der Waals surface area (Å²) in [5.41, 5.74) is 0.896. The fraction of sp³-hybridized carbons (Fsp3) is 0.522. The van der Waals surface area contributed by atoms with Gasteiger partial charge in [0.25, 0.3) is 5.56 Å². The maximum Gasteiger partial charge on any atom is 0.332 e. The average molecular weight is 490 g/mol. The number of hydrogen-bond acceptors (Lipinski definition) is 5. The number of fused-ring (bicyclic) bond motifs is 1. The van der Waals surface area contributed by atoms with Crippen molar-refractivity contribution in [1.29, 1.82) is 0 Å². The third kappa shape index (κ3) is 5.68. The zero-order valence-electron chi connectivity index (χ0n) is 19.3. The molecule has 3 N–H and O–H groups in total. The van der Waals surface area contributed by atoms with E-state index in [2.05, 4.69) is 9.97 Å². The topological polar surface area (TPSA) is 139 Å². The number of methoxy groups -OCH3 is 1. The van der Waals surface area contributed by atoms with Gasteiger partial charge in [0, 0.05) is 25.7 Å². The molecule has 0 bridgehead atoms. The van der Waals surface area contributed by atoms with E-state index in [1.165, 1.54) is 9.13 Å². The minimum Gasteiger partial charge on any atom is -0.497 e. The molecule has 11 heteroatoms. The van der Waals surface area contributed by atoms with Crippen molar-refractivity contribution >= 4 is 18.8 Å². The number of nitrogens with one attached hydrogen (secondary N) is 1. The lowest BCUT2D eigenvalue weighted by Gasteiger charge is -2.25. The molecular formula is C23H31N4O6P. The Balaban J connectivity index is 1.62. The molecule has 0 atom stereocenters. The molecule has 184 valence electrons. The van der Waals surface area contributed by atoms with E-state index in [4.69, 9.17) is 14.5 Å². The van der Waals surface area contributed by atoms with Gasteiger partial charge in [-0.25, -0.2) is 9.78 Å². The quantitative estimate of drug-likeness (QED) is 0.277. The van der Waals surface area contributed by atoms with Crippen molar-refractivity contribution in [2.45, 2.75) is 58.0 Å². The Bertz CT molecular complexity index is 1320. The van der Waals surface area contributed by atoms with Gasteiger partial charge in [-0.05, 0) is 55.7 Å². The van der Waals surface area contributed by atoms with Crippen LogP contribution in [0.15, 0.2) is 33.9 Å². The second kappa shape index (κ2) is 10.3. The first kappa shape index (κ1) is 24.4. The summed E-state index contributed by atoms with van der Waals surface area (Å²) in [6.45, 7) is 0.620. The molecule has 34 heavy (non-hydrogen) atoms. The normalized spacial score (nSPS) is 14.4. The lowest BCUT2D eigenvalue weighted by Crippen LogP contribution is -2.42. The van der Waals surface area contributed by atoms with Crippen LogP contribution < -0.4 is 16.0 Å². The van der Waals surface area contributed by atoms with E-state index in [0.29, 0.717) is 48.7 Å². The highest BCUT2D eigenvalue weighted by Gasteiger charge is 2.23. The number of H-pyrrole nitrogens is 1. The third-order valence-electron chi connectivity index (χ3n) is 6.44. The van der Waals surface area contributed by atoms with E-state index >= 15 is 0 Å². The van der Waals surface area contributed by atoms with Gasteiger partial charge in [-0.2, -0.15) is 0 Å². The molecule has 0 aliphatic heterocycles. The summed E-state index contributed by atoms with van der Waals surface area (Å²) >= 11 is 0. The molecule has 2 aromatic heterocycles. The molecule has 0 radical (unpaired) electrons. The van der Waals surface area contributed by atoms with Crippen LogP contribution in [0, 0.1) is 5.92 Å². The van der Waals surface area contributed by atoms with Gasteiger partial charge in [0.05, 0.1) is 7.11 Å². The molecule has 1 fully saturated rings. The Morgan fingerprint density at radius 1 is 1.18 bits per heavy atom. The van der Waals surface area contributed by atoms with Crippen molar-refractivity contribution in [3.05, 3.63) is 56.5 Å². The highest BCUT2D eigenvalue weighted by Crippen LogP contribution is 2.35. The third-order valence-corrected chi connectivity index (χ3v) is 7.34. The van der Waals surface area contributed by atoms with E-state index in [1.807, 2.05) is 24.3 Å². The fourth-order valence-electron chi connectivity index (χ4n) is 4.31. The molecule has 1 saturated carbocycles. The summed E-state index contributed by atoms with van der Waals surface area (Å²) in [5, 5.41) is 0. The summed E-state index contributed by atoms with van der Waals surface area (Å²) in [5.74, 6) is 1.70. The van der Waals surface area contributed by atoms with E-state index in [9.17, 15) is 14.2 Å². The second-order valence-corrected chi connectivity index (χ2v) is 10.8. The highest BCUT2D eigenvalue weighted by molar-refractivity contribution is 7.51. The van der Waals surface area contributed by atoms with E-state index in [0.717, 1.165) is 30.6 Å². The van der Waals surface area contributed by atoms with Crippen LogP contribution in [0.25, 0.3) is 11.2 Å². The molecule has 0 amide bonds. The molecule has 2 heterocycles. The van der Waals surface area contributed by atoms with Gasteiger partial charge < -0.3 is 19.5 Å². The molecule has 1 aliphatic carbocycles. The minimum atomic E-state index is -4.09. The van der Waals surface area contributed by atoms with Crippen LogP contribution >= 0.6 is 7.60 Å². The number of imidazole rings is 1. The smallest absolute Gasteiger partial charge is 0.332 e. The summed E-state index contributed by atoms with van der Waals surface area (Å²) in [6, 6.07) is 7.74. The summed E-state index contributed by atoms with van der Waals surface area (Å²) in [4.78, 5) is 52.4. The average Bonchev–Trinajstić information content (AvgIpc) is 3.19. The molecule has 4 rings (SSSR count). The standard InChI is InChI=1S/C23H31N4O6P/c1-33-18-9-5-6-16(14-18)10-11-19-24-20-21(25-19)26(12-2-3-13-34(30,31)32)23(29)27(22(20)28)15-17-7-4-8-17/h5-6,9,14,17H,2-4,7-8,10-13,15H2,1H3,(H,24,25)(H2,30,31,32). The zero-order valence-corrected chi connectivity index (χ0v) is 20.2. The summed E-state index contributed by atoms with van der Waals surface area (Å²) in [7, 11) is -2.48. The van der Waals surface area contributed by atoms with Crippen molar-refractivity contribution < 1.29 is 19.1 Å². The molecule has 10 nitrogen and oxygen atoms in total. The Morgan fingerprint density at radius 2 is 1.97 bits per heavy atom. The van der Waals surface area contributed by atoms with Gasteiger partial charge >= 0.3 is 13.3 Å². The van der Waals surface area contributed by atoms with Crippen molar-refractivity contribution in [2.75, 3.05) is 13.3 Å². The molecule has 1 aromatic carbocycles. The molecule has 3 aromatic rings. The van der Waals surface area contributed by atoms with Crippen LogP contribution in [0.3, 0.4) is 0 Å². The number of rotatable bonds is 11. The predicted octanol–water partition coefficient (Wildman–Crippen LogP) is 2.44. The number of aromatic amines is 1. The Kier molecular flexibility index (Phi) is 7.40. The van der Waals surface area contributed by atoms with Crippen molar-refractivity contribution in [2.24, 2.45) is 5.92 Å². The van der Waals surface area contributed by atoms with E-state index in [-0.39, 0.29) is 24.7 Å². The summed E-state index contributed by atoms with van der Waals surface area (Å²) in [6.07, 6.45) is 4.77. The SMILES string of the molecule is COc1cccc(CCc2nc3c([nH]2)c(=O)n(CC2CCC2)c(=O)n3CCCCP(=O)(O)O)c1. The number of unbranched alkanes of at least 4 members (excludes halogenated alkanes) is 1. The Labute approximate surface area is 196 Å². The lowest BCUT2D eigenvalue weighted by molar-refractivity contribution is 0.268. The molecular weight excluding hydrogens is 459 g/mol. The Morgan fingerprint density at radius 3 is 2.65 bits per heavy atom. The summed E-state index contributed by atoms with van der Waals surface area (Å²) < 4.78 is 19.2. The van der Waals surface area contributed by atoms with Gasteiger partial charge in [-0.3, -0.25) is 18.5 Å². The Hall–Kier alpha value is -2.68. The fourth-order valence-corrected chi connectivity index (χ4v) is 4.94. The number of nitrogens with zero attached hydrogens (tertiary/aromatic N) is 3. The predicted molar refractivity (Wildman–Crippen MR) is 129 cm³/mol. The van der Waals surface area contributed by atoms with Crippen LogP contribution in [0.2, 0.25) is 0 Å². The maximum absolute atomic E-state index is 13.2. The van der Waals surface area contributed by atoms with Crippen LogP contribution in [-0.2, 0) is 30.5 Å². The van der Waals surface area contributed by atoms with E-state index in [1.54, 1.807) is 7.11 Å². The first-order valence-electron chi connectivity index (χ1n) is 11.6.